The lowest BCUT2D eigenvalue weighted by Gasteiger charge is -2.15. The van der Waals surface area contributed by atoms with Gasteiger partial charge in [0.1, 0.15) is 5.75 Å². The molecule has 0 atom stereocenters. The number of aliphatic imine (C=N–C) groups is 1. The fourth-order valence-corrected chi connectivity index (χ4v) is 4.31. The molecule has 1 fully saturated rings. The molecule has 0 unspecified atom stereocenters. The van der Waals surface area contributed by atoms with Crippen LogP contribution in [0.5, 0.6) is 5.75 Å². The molecule has 5 nitrogen and oxygen atoms in total. The van der Waals surface area contributed by atoms with E-state index in [-0.39, 0.29) is 10.6 Å². The normalized spacial score (nSPS) is 16.0. The summed E-state index contributed by atoms with van der Waals surface area (Å²) in [6, 6.07) is 11.1. The Morgan fingerprint density at radius 3 is 2.62 bits per heavy atom. The molecule has 1 heterocycles. The molecule has 0 spiro atoms. The summed E-state index contributed by atoms with van der Waals surface area (Å²) in [6.07, 6.45) is 3.25. The van der Waals surface area contributed by atoms with E-state index in [1.807, 2.05) is 0 Å². The quantitative estimate of drug-likeness (QED) is 0.843. The van der Waals surface area contributed by atoms with E-state index in [0.717, 1.165) is 12.8 Å². The third-order valence-electron chi connectivity index (χ3n) is 3.86. The van der Waals surface area contributed by atoms with E-state index in [2.05, 4.69) is 4.99 Å². The highest BCUT2D eigenvalue weighted by atomic mass is 35.5. The summed E-state index contributed by atoms with van der Waals surface area (Å²) in [6.45, 7) is 1.12. The molecular weight excluding hydrogens is 348 g/mol. The van der Waals surface area contributed by atoms with Gasteiger partial charge in [-0.1, -0.05) is 17.7 Å². The van der Waals surface area contributed by atoms with Crippen molar-refractivity contribution in [1.82, 2.24) is 4.31 Å². The zero-order chi connectivity index (χ0) is 17.2. The molecule has 0 bridgehead atoms. The predicted octanol–water partition coefficient (Wildman–Crippen LogP) is 3.58. The third-order valence-corrected chi connectivity index (χ3v) is 5.99. The molecule has 7 heteroatoms. The van der Waals surface area contributed by atoms with Gasteiger partial charge in [-0.05, 0) is 49.2 Å². The van der Waals surface area contributed by atoms with Crippen molar-refractivity contribution in [2.24, 2.45) is 4.99 Å². The fourth-order valence-electron chi connectivity index (χ4n) is 2.57. The molecule has 1 N–H and O–H groups in total. The van der Waals surface area contributed by atoms with E-state index in [9.17, 15) is 13.5 Å². The lowest BCUT2D eigenvalue weighted by atomic mass is 10.2. The Labute approximate surface area is 146 Å². The highest BCUT2D eigenvalue weighted by molar-refractivity contribution is 7.89. The molecular formula is C17H17ClN2O3S. The summed E-state index contributed by atoms with van der Waals surface area (Å²) < 4.78 is 26.7. The van der Waals surface area contributed by atoms with E-state index in [1.165, 1.54) is 22.7 Å². The minimum Gasteiger partial charge on any atom is -0.507 e. The first-order chi connectivity index (χ1) is 11.5. The topological polar surface area (TPSA) is 70.0 Å². The number of hydrogen-bond acceptors (Lipinski definition) is 4. The molecule has 0 aromatic heterocycles. The van der Waals surface area contributed by atoms with Gasteiger partial charge < -0.3 is 5.11 Å². The van der Waals surface area contributed by atoms with Crippen LogP contribution in [0.4, 0.5) is 5.69 Å². The second-order valence-electron chi connectivity index (χ2n) is 5.57. The highest BCUT2D eigenvalue weighted by Crippen LogP contribution is 2.25. The predicted molar refractivity (Wildman–Crippen MR) is 94.8 cm³/mol. The van der Waals surface area contributed by atoms with Gasteiger partial charge in [-0.25, -0.2) is 8.42 Å². The molecule has 0 aliphatic carbocycles. The van der Waals surface area contributed by atoms with Crippen molar-refractivity contribution < 1.29 is 13.5 Å². The Morgan fingerprint density at radius 1 is 1.12 bits per heavy atom. The lowest BCUT2D eigenvalue weighted by molar-refractivity contribution is 0.474. The standard InChI is InChI=1S/C17H17ClN2O3S/c18-14-6-7-17(21)13(10-14)12-19-15-4-3-5-16(11-15)24(22,23)20-8-1-2-9-20/h3-7,10-12,21H,1-2,8-9H2. The van der Waals surface area contributed by atoms with Crippen LogP contribution in [0.25, 0.3) is 0 Å². The zero-order valence-electron chi connectivity index (χ0n) is 12.9. The number of aromatic hydroxyl groups is 1. The molecule has 0 saturated carbocycles. The molecule has 24 heavy (non-hydrogen) atoms. The van der Waals surface area contributed by atoms with Crippen LogP contribution in [0.15, 0.2) is 52.4 Å². The number of benzene rings is 2. The van der Waals surface area contributed by atoms with Crippen LogP contribution >= 0.6 is 11.6 Å². The van der Waals surface area contributed by atoms with Gasteiger partial charge in [-0.2, -0.15) is 4.31 Å². The maximum Gasteiger partial charge on any atom is 0.243 e. The van der Waals surface area contributed by atoms with E-state index >= 15 is 0 Å². The Kier molecular flexibility index (Phi) is 4.89. The molecule has 0 radical (unpaired) electrons. The van der Waals surface area contributed by atoms with E-state index in [1.54, 1.807) is 30.3 Å². The molecule has 1 saturated heterocycles. The van der Waals surface area contributed by atoms with Crippen molar-refractivity contribution in [3.05, 3.63) is 53.1 Å². The number of sulfonamides is 1. The fraction of sp³-hybridized carbons (Fsp3) is 0.235. The molecule has 2 aromatic carbocycles. The SMILES string of the molecule is O=S(=O)(c1cccc(N=Cc2cc(Cl)ccc2O)c1)N1CCCC1. The summed E-state index contributed by atoms with van der Waals surface area (Å²) in [7, 11) is -3.47. The third kappa shape index (κ3) is 3.61. The van der Waals surface area contributed by atoms with Crippen molar-refractivity contribution in [2.45, 2.75) is 17.7 Å². The minimum absolute atomic E-state index is 0.0593. The van der Waals surface area contributed by atoms with Crippen molar-refractivity contribution in [1.29, 1.82) is 0 Å². The first-order valence-corrected chi connectivity index (χ1v) is 9.41. The second-order valence-corrected chi connectivity index (χ2v) is 7.94. The second kappa shape index (κ2) is 6.93. The van der Waals surface area contributed by atoms with Gasteiger partial charge in [-0.15, -0.1) is 0 Å². The monoisotopic (exact) mass is 364 g/mol. The van der Waals surface area contributed by atoms with Crippen LogP contribution in [0, 0.1) is 0 Å². The van der Waals surface area contributed by atoms with Crippen LogP contribution in [0.3, 0.4) is 0 Å². The van der Waals surface area contributed by atoms with Gasteiger partial charge in [0.15, 0.2) is 0 Å². The maximum absolute atomic E-state index is 12.6. The number of rotatable bonds is 4. The van der Waals surface area contributed by atoms with Gasteiger partial charge in [0, 0.05) is 29.9 Å². The number of phenolic OH excluding ortho intramolecular Hbond substituents is 1. The summed E-state index contributed by atoms with van der Waals surface area (Å²) in [5.74, 6) is 0.0593. The molecule has 3 rings (SSSR count). The Morgan fingerprint density at radius 2 is 1.88 bits per heavy atom. The van der Waals surface area contributed by atoms with Crippen LogP contribution in [-0.2, 0) is 10.0 Å². The number of hydrogen-bond donors (Lipinski definition) is 1. The summed E-state index contributed by atoms with van der Waals surface area (Å²) in [5.41, 5.74) is 0.963. The largest absolute Gasteiger partial charge is 0.507 e. The molecule has 1 aliphatic heterocycles. The molecule has 1 aliphatic rings. The molecule has 2 aromatic rings. The van der Waals surface area contributed by atoms with Crippen LogP contribution in [0.1, 0.15) is 18.4 Å². The van der Waals surface area contributed by atoms with Crippen molar-refractivity contribution in [3.63, 3.8) is 0 Å². The minimum atomic E-state index is -3.47. The highest BCUT2D eigenvalue weighted by Gasteiger charge is 2.27. The van der Waals surface area contributed by atoms with Crippen molar-refractivity contribution >= 4 is 33.5 Å². The number of nitrogens with zero attached hydrogens (tertiary/aromatic N) is 2. The Balaban J connectivity index is 1.88. The van der Waals surface area contributed by atoms with Gasteiger partial charge >= 0.3 is 0 Å². The zero-order valence-corrected chi connectivity index (χ0v) is 14.5. The number of phenols is 1. The van der Waals surface area contributed by atoms with E-state index in [0.29, 0.717) is 29.4 Å². The Bertz CT molecular complexity index is 875. The Hall–Kier alpha value is -1.89. The lowest BCUT2D eigenvalue weighted by Crippen LogP contribution is -2.27. The summed E-state index contributed by atoms with van der Waals surface area (Å²) in [5, 5.41) is 10.3. The summed E-state index contributed by atoms with van der Waals surface area (Å²) >= 11 is 5.90. The average Bonchev–Trinajstić information content (AvgIpc) is 3.11. The van der Waals surface area contributed by atoms with Gasteiger partial charge in [-0.3, -0.25) is 4.99 Å². The van der Waals surface area contributed by atoms with Crippen LogP contribution in [-0.4, -0.2) is 37.1 Å². The maximum atomic E-state index is 12.6. The van der Waals surface area contributed by atoms with E-state index < -0.39 is 10.0 Å². The first kappa shape index (κ1) is 17.0. The van der Waals surface area contributed by atoms with Crippen LogP contribution < -0.4 is 0 Å². The van der Waals surface area contributed by atoms with Gasteiger partial charge in [0.25, 0.3) is 0 Å². The van der Waals surface area contributed by atoms with Crippen LogP contribution in [0.2, 0.25) is 5.02 Å². The van der Waals surface area contributed by atoms with Gasteiger partial charge in [0.2, 0.25) is 10.0 Å². The number of halogens is 1. The first-order valence-electron chi connectivity index (χ1n) is 7.59. The van der Waals surface area contributed by atoms with Crippen molar-refractivity contribution in [2.75, 3.05) is 13.1 Å². The van der Waals surface area contributed by atoms with E-state index in [4.69, 9.17) is 11.6 Å². The van der Waals surface area contributed by atoms with Gasteiger partial charge in [0.05, 0.1) is 10.6 Å². The molecule has 126 valence electrons. The average molecular weight is 365 g/mol. The smallest absolute Gasteiger partial charge is 0.243 e. The summed E-state index contributed by atoms with van der Waals surface area (Å²) in [4.78, 5) is 4.48. The van der Waals surface area contributed by atoms with Crippen molar-refractivity contribution in [3.8, 4) is 5.75 Å². The molecule has 0 amide bonds.